The highest BCUT2D eigenvalue weighted by Gasteiger charge is 2.35. The molecule has 2 unspecified atom stereocenters. The highest BCUT2D eigenvalue weighted by Crippen LogP contribution is 2.32. The van der Waals surface area contributed by atoms with E-state index in [2.05, 4.69) is 12.2 Å². The van der Waals surface area contributed by atoms with Gasteiger partial charge in [-0.15, -0.1) is 11.6 Å². The number of aliphatic hydroxyl groups is 1. The Morgan fingerprint density at radius 2 is 2.35 bits per heavy atom. The van der Waals surface area contributed by atoms with Crippen LogP contribution in [0.15, 0.2) is 24.3 Å². The predicted octanol–water partition coefficient (Wildman–Crippen LogP) is 3.10. The number of hydrogen-bond donors (Lipinski definition) is 2. The smallest absolute Gasteiger partial charge is 0.251 e. The lowest BCUT2D eigenvalue weighted by Gasteiger charge is -2.39. The van der Waals surface area contributed by atoms with Gasteiger partial charge in [0.1, 0.15) is 0 Å². The molecule has 1 aromatic rings. The number of carbonyl (C=O) groups excluding carboxylic acids is 1. The molecule has 0 aromatic heterocycles. The Hall–Kier alpha value is -1.06. The van der Waals surface area contributed by atoms with E-state index in [1.807, 2.05) is 12.1 Å². The summed E-state index contributed by atoms with van der Waals surface area (Å²) < 4.78 is 0. The van der Waals surface area contributed by atoms with Crippen molar-refractivity contribution in [1.82, 2.24) is 5.32 Å². The normalized spacial score (nSPS) is 26.2. The first-order valence-corrected chi connectivity index (χ1v) is 7.70. The molecule has 1 aliphatic carbocycles. The lowest BCUT2D eigenvalue weighted by molar-refractivity contribution is 0.0697. The molecule has 1 aliphatic rings. The molecule has 1 amide bonds. The maximum absolute atomic E-state index is 12.4. The highest BCUT2D eigenvalue weighted by molar-refractivity contribution is 6.17. The number of nitrogens with one attached hydrogen (secondary N) is 1. The molecule has 0 heterocycles. The number of hydrogen-bond acceptors (Lipinski definition) is 2. The zero-order chi connectivity index (χ0) is 14.6. The van der Waals surface area contributed by atoms with Crippen LogP contribution in [0.4, 0.5) is 0 Å². The van der Waals surface area contributed by atoms with E-state index >= 15 is 0 Å². The zero-order valence-electron chi connectivity index (χ0n) is 11.9. The van der Waals surface area contributed by atoms with Crippen molar-refractivity contribution in [2.24, 2.45) is 5.92 Å². The van der Waals surface area contributed by atoms with E-state index in [0.29, 0.717) is 17.4 Å². The first-order chi connectivity index (χ1) is 9.58. The van der Waals surface area contributed by atoms with Crippen molar-refractivity contribution in [3.63, 3.8) is 0 Å². The number of halogens is 1. The Balaban J connectivity index is 2.12. The zero-order valence-corrected chi connectivity index (χ0v) is 12.6. The maximum atomic E-state index is 12.4. The van der Waals surface area contributed by atoms with Crippen LogP contribution in [-0.4, -0.2) is 23.2 Å². The molecular formula is C16H22ClNO2. The molecular weight excluding hydrogens is 274 g/mol. The molecule has 0 saturated heterocycles. The van der Waals surface area contributed by atoms with Gasteiger partial charge in [0.15, 0.2) is 0 Å². The van der Waals surface area contributed by atoms with Gasteiger partial charge in [-0.1, -0.05) is 31.9 Å². The second kappa shape index (κ2) is 6.59. The van der Waals surface area contributed by atoms with E-state index in [1.165, 1.54) is 6.42 Å². The van der Waals surface area contributed by atoms with Gasteiger partial charge in [0, 0.05) is 11.4 Å². The second-order valence-corrected chi connectivity index (χ2v) is 6.20. The Kier molecular flexibility index (Phi) is 5.06. The number of alkyl halides is 1. The molecule has 3 nitrogen and oxygen atoms in total. The van der Waals surface area contributed by atoms with Crippen LogP contribution in [0.5, 0.6) is 0 Å². The lowest BCUT2D eigenvalue weighted by Crippen LogP contribution is -2.53. The SMILES string of the molecule is CC1CCCC(CO)(NC(=O)c2cccc(CCl)c2)C1. The van der Waals surface area contributed by atoms with Gasteiger partial charge in [-0.2, -0.15) is 0 Å². The summed E-state index contributed by atoms with van der Waals surface area (Å²) in [5.41, 5.74) is 1.06. The van der Waals surface area contributed by atoms with Crippen molar-refractivity contribution in [2.45, 2.75) is 44.0 Å². The molecule has 4 heteroatoms. The summed E-state index contributed by atoms with van der Waals surface area (Å²) in [5.74, 6) is 0.800. The van der Waals surface area contributed by atoms with Crippen LogP contribution in [0.2, 0.25) is 0 Å². The molecule has 2 atom stereocenters. The van der Waals surface area contributed by atoms with Crippen LogP contribution >= 0.6 is 11.6 Å². The number of aliphatic hydroxyl groups excluding tert-OH is 1. The van der Waals surface area contributed by atoms with Gasteiger partial charge in [-0.25, -0.2) is 0 Å². The van der Waals surface area contributed by atoms with Crippen LogP contribution in [-0.2, 0) is 5.88 Å². The topological polar surface area (TPSA) is 49.3 Å². The quantitative estimate of drug-likeness (QED) is 0.839. The Morgan fingerprint density at radius 3 is 3.00 bits per heavy atom. The number of amides is 1. The fourth-order valence-corrected chi connectivity index (χ4v) is 3.23. The van der Waals surface area contributed by atoms with Gasteiger partial charge in [0.2, 0.25) is 0 Å². The summed E-state index contributed by atoms with van der Waals surface area (Å²) in [6.45, 7) is 2.17. The molecule has 1 aromatic carbocycles. The van der Waals surface area contributed by atoms with Crippen molar-refractivity contribution < 1.29 is 9.90 Å². The summed E-state index contributed by atoms with van der Waals surface area (Å²) in [7, 11) is 0. The summed E-state index contributed by atoms with van der Waals surface area (Å²) in [5, 5.41) is 12.8. The predicted molar refractivity (Wildman–Crippen MR) is 80.9 cm³/mol. The van der Waals surface area contributed by atoms with E-state index in [4.69, 9.17) is 11.6 Å². The number of rotatable bonds is 4. The van der Waals surface area contributed by atoms with Gasteiger partial charge in [0.05, 0.1) is 12.1 Å². The third-order valence-electron chi connectivity index (χ3n) is 4.12. The number of benzene rings is 1. The standard InChI is InChI=1S/C16H22ClNO2/c1-12-4-3-7-16(9-12,11-19)18-15(20)14-6-2-5-13(8-14)10-17/h2,5-6,8,12,19H,3-4,7,9-11H2,1H3,(H,18,20). The average Bonchev–Trinajstić information content (AvgIpc) is 2.47. The Bertz CT molecular complexity index is 477. The third kappa shape index (κ3) is 3.53. The molecule has 2 N–H and O–H groups in total. The second-order valence-electron chi connectivity index (χ2n) is 5.93. The van der Waals surface area contributed by atoms with Crippen LogP contribution < -0.4 is 5.32 Å². The van der Waals surface area contributed by atoms with Crippen LogP contribution in [0, 0.1) is 5.92 Å². The Labute approximate surface area is 125 Å². The summed E-state index contributed by atoms with van der Waals surface area (Å²) in [4.78, 5) is 12.4. The van der Waals surface area contributed by atoms with Crippen molar-refractivity contribution in [1.29, 1.82) is 0 Å². The molecule has 0 spiro atoms. The molecule has 0 bridgehead atoms. The molecule has 20 heavy (non-hydrogen) atoms. The van der Waals surface area contributed by atoms with Gasteiger partial charge in [-0.05, 0) is 36.5 Å². The molecule has 110 valence electrons. The lowest BCUT2D eigenvalue weighted by atomic mass is 9.76. The third-order valence-corrected chi connectivity index (χ3v) is 4.42. The van der Waals surface area contributed by atoms with Crippen molar-refractivity contribution >= 4 is 17.5 Å². The van der Waals surface area contributed by atoms with E-state index in [0.717, 1.165) is 24.8 Å². The summed E-state index contributed by atoms with van der Waals surface area (Å²) in [6.07, 6.45) is 3.89. The highest BCUT2D eigenvalue weighted by atomic mass is 35.5. The van der Waals surface area contributed by atoms with Crippen LogP contribution in [0.1, 0.15) is 48.5 Å². The van der Waals surface area contributed by atoms with Crippen molar-refractivity contribution in [3.8, 4) is 0 Å². The molecule has 2 rings (SSSR count). The van der Waals surface area contributed by atoms with E-state index < -0.39 is 5.54 Å². The monoisotopic (exact) mass is 295 g/mol. The minimum atomic E-state index is -0.467. The van der Waals surface area contributed by atoms with Gasteiger partial charge >= 0.3 is 0 Å². The fourth-order valence-electron chi connectivity index (χ4n) is 3.07. The fraction of sp³-hybridized carbons (Fsp3) is 0.562. The van der Waals surface area contributed by atoms with Crippen molar-refractivity contribution in [3.05, 3.63) is 35.4 Å². The van der Waals surface area contributed by atoms with E-state index in [1.54, 1.807) is 12.1 Å². The van der Waals surface area contributed by atoms with Crippen LogP contribution in [0.25, 0.3) is 0 Å². The number of carbonyl (C=O) groups is 1. The first-order valence-electron chi connectivity index (χ1n) is 7.17. The maximum Gasteiger partial charge on any atom is 0.251 e. The molecule has 0 radical (unpaired) electrons. The molecule has 0 aliphatic heterocycles. The van der Waals surface area contributed by atoms with Crippen molar-refractivity contribution in [2.75, 3.05) is 6.61 Å². The van der Waals surface area contributed by atoms with Crippen LogP contribution in [0.3, 0.4) is 0 Å². The largest absolute Gasteiger partial charge is 0.394 e. The minimum Gasteiger partial charge on any atom is -0.394 e. The van der Waals surface area contributed by atoms with Gasteiger partial charge in [0.25, 0.3) is 5.91 Å². The van der Waals surface area contributed by atoms with E-state index in [-0.39, 0.29) is 12.5 Å². The molecule has 1 fully saturated rings. The minimum absolute atomic E-state index is 0.00171. The summed E-state index contributed by atoms with van der Waals surface area (Å²) >= 11 is 5.80. The van der Waals surface area contributed by atoms with E-state index in [9.17, 15) is 9.90 Å². The average molecular weight is 296 g/mol. The molecule has 1 saturated carbocycles. The van der Waals surface area contributed by atoms with Gasteiger partial charge in [-0.3, -0.25) is 4.79 Å². The first kappa shape index (κ1) is 15.3. The Morgan fingerprint density at radius 1 is 1.55 bits per heavy atom. The summed E-state index contributed by atoms with van der Waals surface area (Å²) in [6, 6.07) is 7.32. The van der Waals surface area contributed by atoms with Gasteiger partial charge < -0.3 is 10.4 Å².